The van der Waals surface area contributed by atoms with Crippen molar-refractivity contribution in [3.8, 4) is 17.2 Å². The Kier molecular flexibility index (Phi) is 6.62. The molecule has 1 fully saturated rings. The number of sulfonamides is 1. The van der Waals surface area contributed by atoms with E-state index in [-0.39, 0.29) is 22.9 Å². The number of nitrogens with zero attached hydrogens (tertiary/aromatic N) is 1. The molecular weight excluding hydrogens is 454 g/mol. The van der Waals surface area contributed by atoms with E-state index in [1.165, 1.54) is 12.1 Å². The summed E-state index contributed by atoms with van der Waals surface area (Å²) in [5.41, 5.74) is 1.03. The summed E-state index contributed by atoms with van der Waals surface area (Å²) in [5, 5.41) is 24.7. The minimum absolute atomic E-state index is 0.144. The summed E-state index contributed by atoms with van der Waals surface area (Å²) in [6.07, 6.45) is 0. The van der Waals surface area contributed by atoms with Gasteiger partial charge in [0.15, 0.2) is 11.5 Å². The van der Waals surface area contributed by atoms with Crippen molar-refractivity contribution < 1.29 is 23.4 Å². The number of ether oxygens (including phenoxy) is 1. The standard InChI is InChI=1S/C25H31N3O5S/c1-25(2,20-6-4-5-17-13-22(29)23(30)15-19(17)20)16-27-34(31,32)18-7-8-24(33-3)21(14-18)28-11-9-26-10-12-28/h4-8,13-15,26-27,29-30H,9-12,16H2,1-3H3. The SMILES string of the molecule is COc1ccc(S(=O)(=O)NCC(C)(C)c2cccc3cc(O)c(O)cc23)cc1N1CCNCC1. The first-order valence-electron chi connectivity index (χ1n) is 11.2. The molecule has 0 unspecified atom stereocenters. The number of nitrogens with one attached hydrogen (secondary N) is 2. The number of hydrogen-bond acceptors (Lipinski definition) is 7. The maximum atomic E-state index is 13.3. The molecule has 0 radical (unpaired) electrons. The zero-order valence-electron chi connectivity index (χ0n) is 19.6. The molecule has 0 atom stereocenters. The molecule has 3 aromatic rings. The van der Waals surface area contributed by atoms with Crippen molar-refractivity contribution in [3.05, 3.63) is 54.1 Å². The summed E-state index contributed by atoms with van der Waals surface area (Å²) in [6, 6.07) is 13.5. The number of anilines is 1. The summed E-state index contributed by atoms with van der Waals surface area (Å²) >= 11 is 0. The maximum Gasteiger partial charge on any atom is 0.240 e. The van der Waals surface area contributed by atoms with E-state index in [1.807, 2.05) is 32.0 Å². The molecule has 1 saturated heterocycles. The van der Waals surface area contributed by atoms with Gasteiger partial charge in [0.05, 0.1) is 17.7 Å². The largest absolute Gasteiger partial charge is 0.504 e. The Balaban J connectivity index is 1.61. The second kappa shape index (κ2) is 9.32. The number of aromatic hydroxyl groups is 2. The molecule has 1 aliphatic heterocycles. The first-order chi connectivity index (χ1) is 16.1. The topological polar surface area (TPSA) is 111 Å². The van der Waals surface area contributed by atoms with Gasteiger partial charge in [-0.3, -0.25) is 0 Å². The zero-order valence-corrected chi connectivity index (χ0v) is 20.4. The van der Waals surface area contributed by atoms with Crippen molar-refractivity contribution in [3.63, 3.8) is 0 Å². The summed E-state index contributed by atoms with van der Waals surface area (Å²) in [5.74, 6) is 0.234. The molecule has 3 aromatic carbocycles. The molecule has 9 heteroatoms. The number of phenols is 2. The average Bonchev–Trinajstić information content (AvgIpc) is 2.83. The van der Waals surface area contributed by atoms with Crippen LogP contribution in [0.4, 0.5) is 5.69 Å². The molecule has 0 bridgehead atoms. The first-order valence-corrected chi connectivity index (χ1v) is 12.7. The van der Waals surface area contributed by atoms with Crippen molar-refractivity contribution in [2.45, 2.75) is 24.2 Å². The Hall–Kier alpha value is -3.01. The van der Waals surface area contributed by atoms with Crippen molar-refractivity contribution in [1.29, 1.82) is 0 Å². The molecule has 4 rings (SSSR count). The highest BCUT2D eigenvalue weighted by molar-refractivity contribution is 7.89. The molecule has 34 heavy (non-hydrogen) atoms. The van der Waals surface area contributed by atoms with Gasteiger partial charge in [-0.15, -0.1) is 0 Å². The highest BCUT2D eigenvalue weighted by Gasteiger charge is 2.27. The molecule has 4 N–H and O–H groups in total. The van der Waals surface area contributed by atoms with Crippen LogP contribution in [0.5, 0.6) is 17.2 Å². The van der Waals surface area contributed by atoms with E-state index in [0.29, 0.717) is 5.75 Å². The average molecular weight is 486 g/mol. The van der Waals surface area contributed by atoms with Crippen LogP contribution in [0.1, 0.15) is 19.4 Å². The van der Waals surface area contributed by atoms with Gasteiger partial charge in [0.2, 0.25) is 10.0 Å². The first kappa shape index (κ1) is 24.1. The molecule has 0 aliphatic carbocycles. The van der Waals surface area contributed by atoms with Crippen molar-refractivity contribution >= 4 is 26.5 Å². The lowest BCUT2D eigenvalue weighted by atomic mass is 9.82. The second-order valence-electron chi connectivity index (χ2n) is 9.15. The molecule has 182 valence electrons. The van der Waals surface area contributed by atoms with E-state index >= 15 is 0 Å². The van der Waals surface area contributed by atoms with Gasteiger partial charge in [-0.2, -0.15) is 0 Å². The van der Waals surface area contributed by atoms with Crippen LogP contribution < -0.4 is 19.7 Å². The summed E-state index contributed by atoms with van der Waals surface area (Å²) in [6.45, 7) is 7.21. The number of hydrogen-bond donors (Lipinski definition) is 4. The van der Waals surface area contributed by atoms with Gasteiger partial charge in [-0.05, 0) is 46.7 Å². The molecular formula is C25H31N3O5S. The fourth-order valence-electron chi connectivity index (χ4n) is 4.34. The summed E-state index contributed by atoms with van der Waals surface area (Å²) in [4.78, 5) is 2.30. The number of fused-ring (bicyclic) bond motifs is 1. The predicted octanol–water partition coefficient (Wildman–Crippen LogP) is 2.93. The lowest BCUT2D eigenvalue weighted by molar-refractivity contribution is 0.404. The summed E-state index contributed by atoms with van der Waals surface area (Å²) in [7, 11) is -2.21. The molecule has 0 spiro atoms. The van der Waals surface area contributed by atoms with Gasteiger partial charge in [-0.1, -0.05) is 32.0 Å². The third-order valence-corrected chi connectivity index (χ3v) is 7.73. The Bertz CT molecular complexity index is 1300. The van der Waals surface area contributed by atoms with Gasteiger partial charge in [0, 0.05) is 38.1 Å². The van der Waals surface area contributed by atoms with E-state index in [2.05, 4.69) is 14.9 Å². The quantitative estimate of drug-likeness (QED) is 0.381. The normalized spacial score (nSPS) is 15.0. The molecule has 1 heterocycles. The van der Waals surface area contributed by atoms with Crippen LogP contribution in [0, 0.1) is 0 Å². The van der Waals surface area contributed by atoms with E-state index in [0.717, 1.165) is 48.2 Å². The fraction of sp³-hybridized carbons (Fsp3) is 0.360. The molecule has 8 nitrogen and oxygen atoms in total. The van der Waals surface area contributed by atoms with Gasteiger partial charge >= 0.3 is 0 Å². The fourth-order valence-corrected chi connectivity index (χ4v) is 5.57. The number of methoxy groups -OCH3 is 1. The smallest absolute Gasteiger partial charge is 0.240 e. The lowest BCUT2D eigenvalue weighted by Gasteiger charge is -2.31. The Morgan fingerprint density at radius 2 is 1.76 bits per heavy atom. The van der Waals surface area contributed by atoms with E-state index < -0.39 is 15.4 Å². The van der Waals surface area contributed by atoms with Crippen molar-refractivity contribution in [1.82, 2.24) is 10.0 Å². The van der Waals surface area contributed by atoms with E-state index in [9.17, 15) is 18.6 Å². The van der Waals surface area contributed by atoms with Gasteiger partial charge in [0.1, 0.15) is 5.75 Å². The zero-order chi connectivity index (χ0) is 24.5. The Labute approximate surface area is 200 Å². The van der Waals surface area contributed by atoms with Crippen LogP contribution in [0.25, 0.3) is 10.8 Å². The highest BCUT2D eigenvalue weighted by Crippen LogP contribution is 2.37. The summed E-state index contributed by atoms with van der Waals surface area (Å²) < 4.78 is 34.7. The Morgan fingerprint density at radius 1 is 1.06 bits per heavy atom. The number of piperazine rings is 1. The van der Waals surface area contributed by atoms with Crippen LogP contribution in [0.2, 0.25) is 0 Å². The third-order valence-electron chi connectivity index (χ3n) is 6.33. The van der Waals surface area contributed by atoms with Crippen molar-refractivity contribution in [2.24, 2.45) is 0 Å². The van der Waals surface area contributed by atoms with E-state index in [1.54, 1.807) is 25.3 Å². The van der Waals surface area contributed by atoms with E-state index in [4.69, 9.17) is 4.74 Å². The molecule has 1 aliphatic rings. The predicted molar refractivity (Wildman–Crippen MR) is 134 cm³/mol. The van der Waals surface area contributed by atoms with Crippen LogP contribution in [0.3, 0.4) is 0 Å². The number of benzene rings is 3. The highest BCUT2D eigenvalue weighted by atomic mass is 32.2. The Morgan fingerprint density at radius 3 is 2.47 bits per heavy atom. The number of rotatable bonds is 7. The van der Waals surface area contributed by atoms with Crippen LogP contribution >= 0.6 is 0 Å². The second-order valence-corrected chi connectivity index (χ2v) is 10.9. The van der Waals surface area contributed by atoms with Crippen LogP contribution in [-0.4, -0.2) is 58.5 Å². The van der Waals surface area contributed by atoms with Crippen LogP contribution in [0.15, 0.2) is 53.4 Å². The van der Waals surface area contributed by atoms with Crippen molar-refractivity contribution in [2.75, 3.05) is 44.7 Å². The molecule has 0 saturated carbocycles. The third kappa shape index (κ3) is 4.77. The maximum absolute atomic E-state index is 13.3. The lowest BCUT2D eigenvalue weighted by Crippen LogP contribution is -2.43. The molecule has 0 aromatic heterocycles. The van der Waals surface area contributed by atoms with Crippen LogP contribution in [-0.2, 0) is 15.4 Å². The minimum Gasteiger partial charge on any atom is -0.504 e. The minimum atomic E-state index is -3.79. The molecule has 0 amide bonds. The number of phenolic OH excluding ortho intramolecular Hbond substituents is 2. The van der Waals surface area contributed by atoms with Gasteiger partial charge in [-0.25, -0.2) is 13.1 Å². The van der Waals surface area contributed by atoms with Gasteiger partial charge in [0.25, 0.3) is 0 Å². The van der Waals surface area contributed by atoms with Gasteiger partial charge < -0.3 is 25.2 Å². The monoisotopic (exact) mass is 485 g/mol.